The molecular weight excluding hydrogens is 1170 g/mol. The highest BCUT2D eigenvalue weighted by Crippen LogP contribution is 2.56. The number of hydrogen-bond donors (Lipinski definition) is 0. The van der Waals surface area contributed by atoms with E-state index in [0.29, 0.717) is 0 Å². The lowest BCUT2D eigenvalue weighted by Crippen LogP contribution is -2.10. The maximum atomic E-state index is 6.86. The summed E-state index contributed by atoms with van der Waals surface area (Å²) in [6.07, 6.45) is 0. The first kappa shape index (κ1) is 52.7. The van der Waals surface area contributed by atoms with E-state index >= 15 is 0 Å². The molecule has 6 nitrogen and oxygen atoms in total. The summed E-state index contributed by atoms with van der Waals surface area (Å²) in [5, 5.41) is 14.0. The number of rotatable bonds is 10. The molecule has 0 aliphatic heterocycles. The molecule has 0 saturated carbocycles. The monoisotopic (exact) mass is 1220 g/mol. The number of benzene rings is 15. The van der Waals surface area contributed by atoms with E-state index in [1.165, 1.54) is 87.4 Å². The SMILES string of the molecule is c1ccc(-c2ccc(N(c3ccc4c(c3)c3cccc5c6c(-c7ccccc7)c7c(c(-c8ccccc8)c6n4c35)c3cccc4c5cc(N(c6ccc(-c8ccccc8)cc6)c6cccc8c6oc6ccccc68)ccc5n7c43)c3cccc4c3oc3ccccc34)cc2)cc1. The molecule has 0 saturated heterocycles. The first-order chi connectivity index (χ1) is 47.7. The van der Waals surface area contributed by atoms with Crippen LogP contribution >= 0.6 is 0 Å². The summed E-state index contributed by atoms with van der Waals surface area (Å²) >= 11 is 0. The number of anilines is 6. The van der Waals surface area contributed by atoms with Gasteiger partial charge in [0.05, 0.1) is 44.5 Å². The summed E-state index contributed by atoms with van der Waals surface area (Å²) in [4.78, 5) is 4.76. The fraction of sp³-hybridized carbons (Fsp3) is 0. The Morgan fingerprint density at radius 1 is 0.219 bits per heavy atom. The summed E-state index contributed by atoms with van der Waals surface area (Å²) in [6, 6.07) is 119. The normalized spacial score (nSPS) is 12.2. The van der Waals surface area contributed by atoms with Crippen LogP contribution in [0, 0.1) is 0 Å². The van der Waals surface area contributed by atoms with Crippen LogP contribution in [0.15, 0.2) is 336 Å². The zero-order valence-electron chi connectivity index (χ0n) is 51.8. The number of nitrogens with zero attached hydrogens (tertiary/aromatic N) is 4. The van der Waals surface area contributed by atoms with Gasteiger partial charge in [0.25, 0.3) is 0 Å². The minimum atomic E-state index is 0.845. The van der Waals surface area contributed by atoms with Crippen LogP contribution in [0.2, 0.25) is 0 Å². The lowest BCUT2D eigenvalue weighted by Gasteiger charge is -2.26. The second-order valence-corrected chi connectivity index (χ2v) is 25.4. The van der Waals surface area contributed by atoms with Gasteiger partial charge in [0.15, 0.2) is 11.2 Å². The van der Waals surface area contributed by atoms with Crippen LogP contribution in [0.5, 0.6) is 0 Å². The van der Waals surface area contributed by atoms with Crippen molar-refractivity contribution in [1.82, 2.24) is 8.80 Å². The molecule has 0 aliphatic carbocycles. The Hall–Kier alpha value is -12.9. The minimum Gasteiger partial charge on any atom is -0.454 e. The molecule has 0 aliphatic rings. The summed E-state index contributed by atoms with van der Waals surface area (Å²) in [7, 11) is 0. The second-order valence-electron chi connectivity index (χ2n) is 25.4. The van der Waals surface area contributed by atoms with E-state index in [9.17, 15) is 0 Å². The average Bonchev–Trinajstić information content (AvgIpc) is 1.49. The molecule has 446 valence electrons. The van der Waals surface area contributed by atoms with Gasteiger partial charge in [-0.3, -0.25) is 0 Å². The Kier molecular flexibility index (Phi) is 11.1. The molecular formula is C90H54N4O2. The highest BCUT2D eigenvalue weighted by atomic mass is 16.3. The average molecular weight is 1220 g/mol. The van der Waals surface area contributed by atoms with Crippen LogP contribution < -0.4 is 9.80 Å². The molecule has 0 unspecified atom stereocenters. The van der Waals surface area contributed by atoms with Gasteiger partial charge in [-0.15, -0.1) is 0 Å². The quantitative estimate of drug-likeness (QED) is 0.137. The first-order valence-electron chi connectivity index (χ1n) is 32.9. The molecule has 21 aromatic rings. The van der Waals surface area contributed by atoms with Crippen molar-refractivity contribution in [2.75, 3.05) is 9.80 Å². The maximum Gasteiger partial charge on any atom is 0.159 e. The molecule has 6 heterocycles. The fourth-order valence-electron chi connectivity index (χ4n) is 16.3. The van der Waals surface area contributed by atoms with E-state index in [1.54, 1.807) is 0 Å². The number of hydrogen-bond acceptors (Lipinski definition) is 4. The predicted octanol–water partition coefficient (Wildman–Crippen LogP) is 25.4. The van der Waals surface area contributed by atoms with Crippen molar-refractivity contribution in [3.63, 3.8) is 0 Å². The van der Waals surface area contributed by atoms with E-state index in [0.717, 1.165) is 111 Å². The fourth-order valence-corrected chi connectivity index (χ4v) is 16.3. The Morgan fingerprint density at radius 2 is 0.542 bits per heavy atom. The van der Waals surface area contributed by atoms with E-state index in [-0.39, 0.29) is 0 Å². The van der Waals surface area contributed by atoms with Crippen molar-refractivity contribution in [3.8, 4) is 44.5 Å². The Balaban J connectivity index is 0.826. The zero-order valence-corrected chi connectivity index (χ0v) is 51.8. The van der Waals surface area contributed by atoms with E-state index in [1.807, 2.05) is 12.1 Å². The van der Waals surface area contributed by atoms with Gasteiger partial charge in [-0.1, -0.05) is 243 Å². The van der Waals surface area contributed by atoms with E-state index in [2.05, 4.69) is 334 Å². The van der Waals surface area contributed by atoms with E-state index in [4.69, 9.17) is 8.83 Å². The minimum absolute atomic E-state index is 0.845. The third-order valence-electron chi connectivity index (χ3n) is 20.3. The number of furan rings is 2. The van der Waals surface area contributed by atoms with Crippen LogP contribution in [0.25, 0.3) is 165 Å². The van der Waals surface area contributed by atoms with Crippen molar-refractivity contribution in [3.05, 3.63) is 328 Å². The summed E-state index contributed by atoms with van der Waals surface area (Å²) in [6.45, 7) is 0. The third-order valence-corrected chi connectivity index (χ3v) is 20.3. The van der Waals surface area contributed by atoms with Crippen molar-refractivity contribution >= 4 is 154 Å². The van der Waals surface area contributed by atoms with Gasteiger partial charge in [0, 0.05) is 98.5 Å². The summed E-state index contributed by atoms with van der Waals surface area (Å²) < 4.78 is 18.9. The number of aromatic nitrogens is 2. The molecule has 6 heteroatoms. The predicted molar refractivity (Wildman–Crippen MR) is 401 cm³/mol. The van der Waals surface area contributed by atoms with Crippen LogP contribution in [0.4, 0.5) is 34.1 Å². The van der Waals surface area contributed by atoms with E-state index < -0.39 is 0 Å². The molecule has 0 fully saturated rings. The molecule has 6 aromatic heterocycles. The molecule has 0 spiro atoms. The highest BCUT2D eigenvalue weighted by molar-refractivity contribution is 6.38. The van der Waals surface area contributed by atoms with Gasteiger partial charge in [-0.2, -0.15) is 0 Å². The molecule has 15 aromatic carbocycles. The molecule has 0 N–H and O–H groups in total. The lowest BCUT2D eigenvalue weighted by molar-refractivity contribution is 0.668. The topological polar surface area (TPSA) is 41.6 Å². The van der Waals surface area contributed by atoms with Gasteiger partial charge in [0.2, 0.25) is 0 Å². The summed E-state index contributed by atoms with van der Waals surface area (Å²) in [5.41, 5.74) is 26.0. The Labute approximate surface area is 550 Å². The van der Waals surface area contributed by atoms with Gasteiger partial charge >= 0.3 is 0 Å². The molecule has 96 heavy (non-hydrogen) atoms. The lowest BCUT2D eigenvalue weighted by atomic mass is 9.89. The highest BCUT2D eigenvalue weighted by Gasteiger charge is 2.32. The number of fused-ring (bicyclic) bond motifs is 18. The molecule has 0 radical (unpaired) electrons. The van der Waals surface area contributed by atoms with Gasteiger partial charge in [0.1, 0.15) is 11.2 Å². The Bertz CT molecular complexity index is 6260. The van der Waals surface area contributed by atoms with Gasteiger partial charge in [-0.25, -0.2) is 0 Å². The van der Waals surface area contributed by atoms with Gasteiger partial charge in [-0.05, 0) is 118 Å². The largest absolute Gasteiger partial charge is 0.454 e. The first-order valence-corrected chi connectivity index (χ1v) is 32.9. The molecule has 0 atom stereocenters. The Morgan fingerprint density at radius 3 is 0.958 bits per heavy atom. The van der Waals surface area contributed by atoms with Gasteiger partial charge < -0.3 is 27.4 Å². The molecule has 0 amide bonds. The molecule has 21 rings (SSSR count). The van der Waals surface area contributed by atoms with Crippen LogP contribution in [0.1, 0.15) is 0 Å². The molecule has 0 bridgehead atoms. The summed E-state index contributed by atoms with van der Waals surface area (Å²) in [5.74, 6) is 0. The third kappa shape index (κ3) is 7.52. The second kappa shape index (κ2) is 20.3. The van der Waals surface area contributed by atoms with Crippen LogP contribution in [-0.2, 0) is 0 Å². The number of para-hydroxylation sites is 6. The van der Waals surface area contributed by atoms with Crippen molar-refractivity contribution in [1.29, 1.82) is 0 Å². The zero-order chi connectivity index (χ0) is 62.7. The van der Waals surface area contributed by atoms with Crippen molar-refractivity contribution in [2.45, 2.75) is 0 Å². The van der Waals surface area contributed by atoms with Crippen molar-refractivity contribution < 1.29 is 8.83 Å². The standard InChI is InChI=1S/C90H54N4O2/c1-5-21-55(22-6-1)57-41-45-61(46-42-57)91(77-37-19-33-69-65-29-13-15-39-79(65)95-89(69)77)63-49-51-75-73(53-63)67-31-17-35-71-83-82(60-27-11-4-12-28-60)88-84(81(59-25-9-3-10-26-59)87(83)93(75)85(67)71)72-36-18-32-68-74-54-64(50-52-76(74)94(88)86(68)72)92(62-47-43-58(44-48-62)56-23-7-2-8-24-56)78-38-20-34-70-66-30-14-16-40-80(66)96-90(70)78/h1-54H. The van der Waals surface area contributed by atoms with Crippen LogP contribution in [-0.4, -0.2) is 8.80 Å². The van der Waals surface area contributed by atoms with Crippen molar-refractivity contribution in [2.24, 2.45) is 0 Å². The maximum absolute atomic E-state index is 6.86. The smallest absolute Gasteiger partial charge is 0.159 e. The van der Waals surface area contributed by atoms with Crippen LogP contribution in [0.3, 0.4) is 0 Å².